The van der Waals surface area contributed by atoms with Crippen molar-refractivity contribution in [3.05, 3.63) is 47.4 Å². The molecule has 0 saturated heterocycles. The molecule has 2 aromatic heterocycles. The van der Waals surface area contributed by atoms with Crippen LogP contribution in [-0.4, -0.2) is 15.2 Å². The van der Waals surface area contributed by atoms with Crippen LogP contribution in [0.15, 0.2) is 30.5 Å². The Kier molecular flexibility index (Phi) is 3.64. The molecule has 1 N–H and O–H groups in total. The normalized spacial score (nSPS) is 11.4. The lowest BCUT2D eigenvalue weighted by molar-refractivity contribution is -0.141. The molecule has 0 amide bonds. The molecule has 2 rings (SSSR count). The molecule has 100 valence electrons. The number of aryl methyl sites for hydroxylation is 1. The van der Waals surface area contributed by atoms with Gasteiger partial charge in [0.1, 0.15) is 5.82 Å². The predicted octanol–water partition coefficient (Wildman–Crippen LogP) is 2.81. The lowest BCUT2D eigenvalue weighted by atomic mass is 10.2. The Morgan fingerprint density at radius 3 is 2.53 bits per heavy atom. The third-order valence-electron chi connectivity index (χ3n) is 2.51. The molecule has 4 nitrogen and oxygen atoms in total. The average Bonchev–Trinajstić information content (AvgIpc) is 2.37. The van der Waals surface area contributed by atoms with Crippen LogP contribution in [0.2, 0.25) is 0 Å². The Morgan fingerprint density at radius 2 is 1.95 bits per heavy atom. The Labute approximate surface area is 107 Å². The summed E-state index contributed by atoms with van der Waals surface area (Å²) >= 11 is 0. The second-order valence-electron chi connectivity index (χ2n) is 3.92. The molecule has 7 heteroatoms. The molecule has 2 aromatic rings. The number of halogens is 3. The molecule has 0 aliphatic rings. The van der Waals surface area contributed by atoms with E-state index in [0.29, 0.717) is 6.54 Å². The largest absolute Gasteiger partial charge is 0.435 e. The zero-order valence-electron chi connectivity index (χ0n) is 10.1. The standard InChI is InChI=1S/C12H11F3N4/c1-8-3-2-6-16-9(8)7-17-11-5-4-10(18-19-11)12(13,14)15/h2-6H,7H2,1H3,(H,17,19). The zero-order valence-corrected chi connectivity index (χ0v) is 10.1. The summed E-state index contributed by atoms with van der Waals surface area (Å²) in [6, 6.07) is 5.86. The first-order valence-electron chi connectivity index (χ1n) is 5.52. The van der Waals surface area contributed by atoms with Crippen LogP contribution in [0.3, 0.4) is 0 Å². The summed E-state index contributed by atoms with van der Waals surface area (Å²) in [6.45, 7) is 2.29. The second kappa shape index (κ2) is 5.21. The van der Waals surface area contributed by atoms with E-state index in [4.69, 9.17) is 0 Å². The molecule has 0 bridgehead atoms. The highest BCUT2D eigenvalue weighted by molar-refractivity contribution is 5.34. The van der Waals surface area contributed by atoms with Crippen LogP contribution in [0.5, 0.6) is 0 Å². The van der Waals surface area contributed by atoms with E-state index in [1.54, 1.807) is 6.20 Å². The number of alkyl halides is 3. The van der Waals surface area contributed by atoms with Gasteiger partial charge >= 0.3 is 6.18 Å². The first kappa shape index (κ1) is 13.3. The van der Waals surface area contributed by atoms with Gasteiger partial charge in [0, 0.05) is 6.20 Å². The highest BCUT2D eigenvalue weighted by atomic mass is 19.4. The van der Waals surface area contributed by atoms with Crippen molar-refractivity contribution in [2.24, 2.45) is 0 Å². The fourth-order valence-corrected chi connectivity index (χ4v) is 1.46. The van der Waals surface area contributed by atoms with Crippen LogP contribution in [0.4, 0.5) is 19.0 Å². The van der Waals surface area contributed by atoms with Gasteiger partial charge in [-0.2, -0.15) is 13.2 Å². The summed E-state index contributed by atoms with van der Waals surface area (Å²) in [5, 5.41) is 9.48. The van der Waals surface area contributed by atoms with Crippen molar-refractivity contribution in [2.75, 3.05) is 5.32 Å². The molecule has 0 spiro atoms. The van der Waals surface area contributed by atoms with E-state index < -0.39 is 11.9 Å². The van der Waals surface area contributed by atoms with Crippen molar-refractivity contribution in [2.45, 2.75) is 19.6 Å². The van der Waals surface area contributed by atoms with Crippen molar-refractivity contribution >= 4 is 5.82 Å². The SMILES string of the molecule is Cc1cccnc1CNc1ccc(C(F)(F)F)nn1. The van der Waals surface area contributed by atoms with Crippen LogP contribution in [-0.2, 0) is 12.7 Å². The van der Waals surface area contributed by atoms with E-state index in [1.165, 1.54) is 6.07 Å². The highest BCUT2D eigenvalue weighted by Gasteiger charge is 2.32. The number of hydrogen-bond donors (Lipinski definition) is 1. The number of nitrogens with one attached hydrogen (secondary N) is 1. The summed E-state index contributed by atoms with van der Waals surface area (Å²) in [5.41, 5.74) is 0.797. The number of rotatable bonds is 3. The Hall–Kier alpha value is -2.18. The summed E-state index contributed by atoms with van der Waals surface area (Å²) < 4.78 is 36.9. The predicted molar refractivity (Wildman–Crippen MR) is 63.3 cm³/mol. The van der Waals surface area contributed by atoms with Crippen molar-refractivity contribution < 1.29 is 13.2 Å². The summed E-state index contributed by atoms with van der Waals surface area (Å²) in [4.78, 5) is 4.16. The zero-order chi connectivity index (χ0) is 13.9. The molecule has 0 aliphatic heterocycles. The first-order valence-corrected chi connectivity index (χ1v) is 5.52. The van der Waals surface area contributed by atoms with Gasteiger partial charge in [0.2, 0.25) is 0 Å². The van der Waals surface area contributed by atoms with Crippen molar-refractivity contribution in [3.8, 4) is 0 Å². The fourth-order valence-electron chi connectivity index (χ4n) is 1.46. The number of hydrogen-bond acceptors (Lipinski definition) is 4. The van der Waals surface area contributed by atoms with Crippen molar-refractivity contribution in [1.82, 2.24) is 15.2 Å². The monoisotopic (exact) mass is 268 g/mol. The second-order valence-corrected chi connectivity index (χ2v) is 3.92. The Balaban J connectivity index is 2.03. The van der Waals surface area contributed by atoms with Gasteiger partial charge in [-0.15, -0.1) is 10.2 Å². The molecule has 0 saturated carbocycles. The molecule has 0 fully saturated rings. The van der Waals surface area contributed by atoms with Crippen molar-refractivity contribution in [1.29, 1.82) is 0 Å². The van der Waals surface area contributed by atoms with E-state index in [2.05, 4.69) is 20.5 Å². The van der Waals surface area contributed by atoms with Gasteiger partial charge in [-0.1, -0.05) is 6.07 Å². The smallest absolute Gasteiger partial charge is 0.363 e. The maximum Gasteiger partial charge on any atom is 0.435 e. The first-order chi connectivity index (χ1) is 8.97. The van der Waals surface area contributed by atoms with Crippen LogP contribution in [0.25, 0.3) is 0 Å². The molecule has 0 unspecified atom stereocenters. The molecule has 0 aromatic carbocycles. The summed E-state index contributed by atoms with van der Waals surface area (Å²) in [5.74, 6) is 0.276. The third-order valence-corrected chi connectivity index (χ3v) is 2.51. The van der Waals surface area contributed by atoms with Gasteiger partial charge in [-0.05, 0) is 30.7 Å². The van der Waals surface area contributed by atoms with E-state index in [1.807, 2.05) is 19.1 Å². The number of nitrogens with zero attached hydrogens (tertiary/aromatic N) is 3. The quantitative estimate of drug-likeness (QED) is 0.930. The molecule has 0 aliphatic carbocycles. The molecular weight excluding hydrogens is 257 g/mol. The third kappa shape index (κ3) is 3.40. The molecule has 0 radical (unpaired) electrons. The molecule has 0 atom stereocenters. The van der Waals surface area contributed by atoms with E-state index in [-0.39, 0.29) is 5.82 Å². The van der Waals surface area contributed by atoms with Crippen molar-refractivity contribution in [3.63, 3.8) is 0 Å². The van der Waals surface area contributed by atoms with Gasteiger partial charge in [0.15, 0.2) is 5.69 Å². The highest BCUT2D eigenvalue weighted by Crippen LogP contribution is 2.27. The Morgan fingerprint density at radius 1 is 1.16 bits per heavy atom. The van der Waals surface area contributed by atoms with E-state index >= 15 is 0 Å². The summed E-state index contributed by atoms with van der Waals surface area (Å²) in [6.07, 6.45) is -2.81. The lowest BCUT2D eigenvalue weighted by Crippen LogP contribution is -2.11. The molecular formula is C12H11F3N4. The Bertz CT molecular complexity index is 552. The van der Waals surface area contributed by atoms with Crippen LogP contribution in [0, 0.1) is 6.92 Å². The topological polar surface area (TPSA) is 50.7 Å². The van der Waals surface area contributed by atoms with Gasteiger partial charge in [0.25, 0.3) is 0 Å². The minimum atomic E-state index is -4.47. The number of pyridine rings is 1. The molecule has 2 heterocycles. The van der Waals surface area contributed by atoms with Crippen LogP contribution < -0.4 is 5.32 Å². The van der Waals surface area contributed by atoms with Gasteiger partial charge in [-0.3, -0.25) is 4.98 Å². The van der Waals surface area contributed by atoms with Gasteiger partial charge < -0.3 is 5.32 Å². The number of anilines is 1. The minimum absolute atomic E-state index is 0.276. The maximum atomic E-state index is 12.3. The van der Waals surface area contributed by atoms with Crippen LogP contribution in [0.1, 0.15) is 17.0 Å². The average molecular weight is 268 g/mol. The molecule has 19 heavy (non-hydrogen) atoms. The van der Waals surface area contributed by atoms with Crippen LogP contribution >= 0.6 is 0 Å². The van der Waals surface area contributed by atoms with E-state index in [9.17, 15) is 13.2 Å². The minimum Gasteiger partial charge on any atom is -0.363 e. The maximum absolute atomic E-state index is 12.3. The lowest BCUT2D eigenvalue weighted by Gasteiger charge is -2.08. The summed E-state index contributed by atoms with van der Waals surface area (Å²) in [7, 11) is 0. The van der Waals surface area contributed by atoms with Gasteiger partial charge in [-0.25, -0.2) is 0 Å². The van der Waals surface area contributed by atoms with E-state index in [0.717, 1.165) is 17.3 Å². The van der Waals surface area contributed by atoms with Gasteiger partial charge in [0.05, 0.1) is 12.2 Å². The number of aromatic nitrogens is 3. The fraction of sp³-hybridized carbons (Fsp3) is 0.250.